The second-order valence-corrected chi connectivity index (χ2v) is 6.78. The van der Waals surface area contributed by atoms with E-state index in [4.69, 9.17) is 4.74 Å². The number of nitro groups is 1. The molecule has 0 spiro atoms. The van der Waals surface area contributed by atoms with Gasteiger partial charge in [-0.05, 0) is 17.5 Å². The molecular weight excluding hydrogens is 326 g/mol. The third kappa shape index (κ3) is 4.83. The van der Waals surface area contributed by atoms with E-state index in [2.05, 4.69) is 0 Å². The van der Waals surface area contributed by atoms with Crippen molar-refractivity contribution < 1.29 is 14.5 Å². The normalized spacial score (nSPS) is 12.0. The summed E-state index contributed by atoms with van der Waals surface area (Å²) in [6.07, 6.45) is 0. The first-order valence-corrected chi connectivity index (χ1v) is 8.47. The fourth-order valence-corrected chi connectivity index (χ4v) is 3.24. The first kappa shape index (κ1) is 18.0. The van der Waals surface area contributed by atoms with Crippen LogP contribution < -0.4 is 0 Å². The van der Waals surface area contributed by atoms with E-state index in [-0.39, 0.29) is 24.2 Å². The molecule has 0 aliphatic carbocycles. The first-order chi connectivity index (χ1) is 11.5. The molecule has 1 atom stereocenters. The molecule has 1 unspecified atom stereocenters. The molecule has 2 aromatic carbocycles. The Morgan fingerprint density at radius 1 is 1.12 bits per heavy atom. The quantitative estimate of drug-likeness (QED) is 0.321. The summed E-state index contributed by atoms with van der Waals surface area (Å²) in [4.78, 5) is 23.6. The van der Waals surface area contributed by atoms with Crippen molar-refractivity contribution in [2.75, 3.05) is 0 Å². The number of carbonyl (C=O) groups excluding carboxylic acids is 1. The van der Waals surface area contributed by atoms with E-state index in [1.807, 2.05) is 44.2 Å². The lowest BCUT2D eigenvalue weighted by Gasteiger charge is -2.19. The molecule has 2 aromatic rings. The number of ether oxygens (including phenoxy) is 1. The van der Waals surface area contributed by atoms with Crippen molar-refractivity contribution in [3.63, 3.8) is 0 Å². The van der Waals surface area contributed by atoms with E-state index in [9.17, 15) is 14.9 Å². The molecule has 5 nitrogen and oxygen atoms in total. The number of hydrogen-bond acceptors (Lipinski definition) is 5. The summed E-state index contributed by atoms with van der Waals surface area (Å²) in [5.41, 5.74) is 0.910. The summed E-state index contributed by atoms with van der Waals surface area (Å²) in [5.74, 6) is -0.380. The van der Waals surface area contributed by atoms with Crippen LogP contribution in [0.25, 0.3) is 0 Å². The number of para-hydroxylation sites is 1. The van der Waals surface area contributed by atoms with Gasteiger partial charge in [0.2, 0.25) is 0 Å². The van der Waals surface area contributed by atoms with Crippen molar-refractivity contribution >= 4 is 23.4 Å². The van der Waals surface area contributed by atoms with E-state index >= 15 is 0 Å². The number of thioether (sulfide) groups is 1. The maximum Gasteiger partial charge on any atom is 0.320 e. The van der Waals surface area contributed by atoms with E-state index in [1.54, 1.807) is 18.2 Å². The molecule has 0 aliphatic heterocycles. The Hall–Kier alpha value is -2.34. The summed E-state index contributed by atoms with van der Waals surface area (Å²) < 4.78 is 5.39. The zero-order chi connectivity index (χ0) is 17.5. The molecule has 0 amide bonds. The van der Waals surface area contributed by atoms with Crippen molar-refractivity contribution in [1.82, 2.24) is 0 Å². The first-order valence-electron chi connectivity index (χ1n) is 7.59. The molecule has 0 radical (unpaired) electrons. The van der Waals surface area contributed by atoms with Gasteiger partial charge in [-0.3, -0.25) is 14.9 Å². The average Bonchev–Trinajstić information content (AvgIpc) is 2.58. The summed E-state index contributed by atoms with van der Waals surface area (Å²) in [6, 6.07) is 15.8. The lowest BCUT2D eigenvalue weighted by molar-refractivity contribution is -0.387. The molecule has 0 bridgehead atoms. The van der Waals surface area contributed by atoms with Crippen LogP contribution >= 0.6 is 11.8 Å². The number of benzene rings is 2. The monoisotopic (exact) mass is 345 g/mol. The van der Waals surface area contributed by atoms with Gasteiger partial charge in [-0.2, -0.15) is 0 Å². The lowest BCUT2D eigenvalue weighted by atomic mass is 10.1. The number of nitrogens with zero attached hydrogens (tertiary/aromatic N) is 1. The molecule has 0 heterocycles. The molecule has 24 heavy (non-hydrogen) atoms. The Balaban J connectivity index is 2.09. The maximum atomic E-state index is 12.4. The number of rotatable bonds is 7. The molecule has 0 saturated heterocycles. The van der Waals surface area contributed by atoms with Crippen molar-refractivity contribution in [3.05, 3.63) is 70.3 Å². The third-order valence-electron chi connectivity index (χ3n) is 3.38. The summed E-state index contributed by atoms with van der Waals surface area (Å²) in [6.45, 7) is 3.99. The standard InChI is InChI=1S/C18H19NO4S/c1-13(2)17(18(20)23-12-14-8-4-3-5-9-14)24-16-11-7-6-10-15(16)19(21)22/h3-11,13,17H,12H2,1-2H3. The van der Waals surface area contributed by atoms with Gasteiger partial charge in [0.25, 0.3) is 5.69 Å². The van der Waals surface area contributed by atoms with E-state index in [1.165, 1.54) is 17.8 Å². The Bertz CT molecular complexity index is 703. The Morgan fingerprint density at radius 3 is 2.38 bits per heavy atom. The van der Waals surface area contributed by atoms with Crippen LogP contribution in [0.2, 0.25) is 0 Å². The fourth-order valence-electron chi connectivity index (χ4n) is 2.11. The SMILES string of the molecule is CC(C)C(Sc1ccccc1[N+](=O)[O-])C(=O)OCc1ccccc1. The highest BCUT2D eigenvalue weighted by Gasteiger charge is 2.28. The van der Waals surface area contributed by atoms with Crippen LogP contribution in [0, 0.1) is 16.0 Å². The van der Waals surface area contributed by atoms with Gasteiger partial charge in [0, 0.05) is 6.07 Å². The van der Waals surface area contributed by atoms with Crippen LogP contribution in [0.4, 0.5) is 5.69 Å². The van der Waals surface area contributed by atoms with Crippen molar-refractivity contribution in [2.45, 2.75) is 30.6 Å². The summed E-state index contributed by atoms with van der Waals surface area (Å²) in [5, 5.41) is 10.6. The van der Waals surface area contributed by atoms with Gasteiger partial charge in [-0.1, -0.05) is 56.3 Å². The van der Waals surface area contributed by atoms with E-state index in [0.717, 1.165) is 5.56 Å². The molecular formula is C18H19NO4S. The van der Waals surface area contributed by atoms with E-state index < -0.39 is 10.2 Å². The Morgan fingerprint density at radius 2 is 1.75 bits per heavy atom. The highest BCUT2D eigenvalue weighted by atomic mass is 32.2. The molecule has 0 N–H and O–H groups in total. The minimum absolute atomic E-state index is 0.00371. The topological polar surface area (TPSA) is 69.4 Å². The molecule has 6 heteroatoms. The maximum absolute atomic E-state index is 12.4. The zero-order valence-electron chi connectivity index (χ0n) is 13.5. The Kier molecular flexibility index (Phi) is 6.37. The van der Waals surface area contributed by atoms with Crippen molar-refractivity contribution in [2.24, 2.45) is 5.92 Å². The molecule has 2 rings (SSSR count). The molecule has 126 valence electrons. The molecule has 0 saturated carbocycles. The van der Waals surface area contributed by atoms with Crippen LogP contribution in [-0.2, 0) is 16.1 Å². The predicted octanol–water partition coefficient (Wildman–Crippen LogP) is 4.45. The van der Waals surface area contributed by atoms with Gasteiger partial charge in [0.1, 0.15) is 11.9 Å². The number of nitro benzene ring substituents is 1. The second kappa shape index (κ2) is 8.49. The largest absolute Gasteiger partial charge is 0.460 e. The van der Waals surface area contributed by atoms with Crippen molar-refractivity contribution in [3.8, 4) is 0 Å². The summed E-state index contributed by atoms with van der Waals surface area (Å²) in [7, 11) is 0. The number of esters is 1. The van der Waals surface area contributed by atoms with Gasteiger partial charge in [0.15, 0.2) is 0 Å². The van der Waals surface area contributed by atoms with Crippen LogP contribution in [0.5, 0.6) is 0 Å². The highest BCUT2D eigenvalue weighted by molar-refractivity contribution is 8.00. The Labute approximate surface area is 145 Å². The van der Waals surface area contributed by atoms with Crippen LogP contribution in [0.1, 0.15) is 19.4 Å². The number of hydrogen-bond donors (Lipinski definition) is 0. The highest BCUT2D eigenvalue weighted by Crippen LogP contribution is 2.35. The lowest BCUT2D eigenvalue weighted by Crippen LogP contribution is -2.25. The second-order valence-electron chi connectivity index (χ2n) is 5.60. The average molecular weight is 345 g/mol. The minimum atomic E-state index is -0.505. The van der Waals surface area contributed by atoms with Crippen molar-refractivity contribution in [1.29, 1.82) is 0 Å². The third-order valence-corrected chi connectivity index (χ3v) is 4.97. The van der Waals surface area contributed by atoms with Gasteiger partial charge >= 0.3 is 5.97 Å². The zero-order valence-corrected chi connectivity index (χ0v) is 14.4. The van der Waals surface area contributed by atoms with Crippen LogP contribution in [0.15, 0.2) is 59.5 Å². The smallest absolute Gasteiger partial charge is 0.320 e. The van der Waals surface area contributed by atoms with Crippen LogP contribution in [-0.4, -0.2) is 16.1 Å². The molecule has 0 fully saturated rings. The molecule has 0 aliphatic rings. The summed E-state index contributed by atoms with van der Waals surface area (Å²) >= 11 is 1.18. The van der Waals surface area contributed by atoms with Gasteiger partial charge in [-0.25, -0.2) is 0 Å². The molecule has 0 aromatic heterocycles. The van der Waals surface area contributed by atoms with Gasteiger partial charge < -0.3 is 4.74 Å². The van der Waals surface area contributed by atoms with Gasteiger partial charge in [0.05, 0.1) is 9.82 Å². The minimum Gasteiger partial charge on any atom is -0.460 e. The number of carbonyl (C=O) groups is 1. The predicted molar refractivity (Wildman–Crippen MR) is 93.8 cm³/mol. The van der Waals surface area contributed by atoms with Gasteiger partial charge in [-0.15, -0.1) is 11.8 Å². The van der Waals surface area contributed by atoms with Crippen LogP contribution in [0.3, 0.4) is 0 Å². The van der Waals surface area contributed by atoms with E-state index in [0.29, 0.717) is 4.90 Å². The fraction of sp³-hybridized carbons (Fsp3) is 0.278.